The van der Waals surface area contributed by atoms with Crippen LogP contribution in [0.1, 0.15) is 37.8 Å². The summed E-state index contributed by atoms with van der Waals surface area (Å²) in [6, 6.07) is 47.2. The minimum absolute atomic E-state index is 0.314. The number of pyridine rings is 2. The number of rotatable bonds is 3. The first-order chi connectivity index (χ1) is 29.7. The Labute approximate surface area is 348 Å². The topological polar surface area (TPSA) is 38.7 Å². The van der Waals surface area contributed by atoms with Crippen molar-refractivity contribution in [3.8, 4) is 39.5 Å². The predicted octanol–water partition coefficient (Wildman–Crippen LogP) is 11.4. The zero-order valence-electron chi connectivity index (χ0n) is 37.0. The molecule has 0 N–H and O–H groups in total. The van der Waals surface area contributed by atoms with E-state index in [1.807, 2.05) is 18.2 Å². The minimum atomic E-state index is -2.22. The predicted molar refractivity (Wildman–Crippen MR) is 242 cm³/mol. The van der Waals surface area contributed by atoms with E-state index in [0.717, 1.165) is 83.8 Å². The van der Waals surface area contributed by atoms with E-state index < -0.39 is 20.6 Å². The van der Waals surface area contributed by atoms with Gasteiger partial charge in [-0.15, -0.1) is 9.13 Å². The van der Waals surface area contributed by atoms with Gasteiger partial charge in [0, 0.05) is 49.7 Å². The Bertz CT molecular complexity index is 3570. The van der Waals surface area contributed by atoms with Crippen LogP contribution in [0.15, 0.2) is 144 Å². The van der Waals surface area contributed by atoms with E-state index in [2.05, 4.69) is 163 Å². The molecule has 1 atom stereocenters. The van der Waals surface area contributed by atoms with E-state index in [0.29, 0.717) is 5.56 Å². The number of furan rings is 1. The maximum atomic E-state index is 8.19. The van der Waals surface area contributed by atoms with Crippen molar-refractivity contribution in [3.05, 3.63) is 173 Å². The number of para-hydroxylation sites is 3. The van der Waals surface area contributed by atoms with Crippen LogP contribution in [0.5, 0.6) is 0 Å². The van der Waals surface area contributed by atoms with Crippen molar-refractivity contribution in [1.29, 1.82) is 0 Å². The second kappa shape index (κ2) is 11.7. The third kappa shape index (κ3) is 4.52. The number of benzene rings is 6. The van der Waals surface area contributed by atoms with Crippen LogP contribution in [-0.4, -0.2) is 17.6 Å². The van der Waals surface area contributed by atoms with Gasteiger partial charge in [-0.2, -0.15) is 4.57 Å². The molecule has 59 heavy (non-hydrogen) atoms. The number of nitrogens with zero attached hydrogens (tertiary/aromatic N) is 4. The molecule has 284 valence electrons. The fraction of sp³-hybridized carbons (Fsp3) is 0.151. The molecule has 12 rings (SSSR count). The minimum Gasteiger partial charge on any atom is -0.455 e. The molecule has 0 radical (unpaired) electrons. The summed E-state index contributed by atoms with van der Waals surface area (Å²) in [7, 11) is -1.89. The molecule has 1 unspecified atom stereocenters. The van der Waals surface area contributed by atoms with Crippen molar-refractivity contribution in [2.45, 2.75) is 52.9 Å². The summed E-state index contributed by atoms with van der Waals surface area (Å²) < 4.78 is 39.4. The number of hydrogen-bond acceptors (Lipinski definition) is 2. The van der Waals surface area contributed by atoms with Crippen LogP contribution < -0.4 is 14.3 Å². The molecule has 2 aliphatic heterocycles. The number of fused-ring (bicyclic) bond motifs is 17. The molecule has 6 aromatic carbocycles. The molecule has 0 fully saturated rings. The molecule has 0 bridgehead atoms. The van der Waals surface area contributed by atoms with Gasteiger partial charge in [-0.05, 0) is 91.5 Å². The highest BCUT2D eigenvalue weighted by molar-refractivity contribution is 6.88. The first kappa shape index (κ1) is 31.4. The Hall–Kier alpha value is -6.63. The highest BCUT2D eigenvalue weighted by Gasteiger charge is 2.67. The number of aromatic nitrogens is 4. The van der Waals surface area contributed by atoms with Gasteiger partial charge in [-0.3, -0.25) is 4.98 Å². The molecule has 1 spiro atoms. The Kier molecular flexibility index (Phi) is 6.24. The fourth-order valence-corrected chi connectivity index (χ4v) is 12.4. The van der Waals surface area contributed by atoms with Crippen molar-refractivity contribution in [1.82, 2.24) is 9.55 Å². The van der Waals surface area contributed by atoms with E-state index >= 15 is 0 Å². The maximum Gasteiger partial charge on any atom is 0.364 e. The third-order valence-corrected chi connectivity index (χ3v) is 15.0. The van der Waals surface area contributed by atoms with Gasteiger partial charge < -0.3 is 4.42 Å². The average Bonchev–Trinajstić information content (AvgIpc) is 3.94. The number of imidazole rings is 1. The summed E-state index contributed by atoms with van der Waals surface area (Å²) in [6.45, 7) is 11.5. The first-order valence-electron chi connectivity index (χ1n) is 22.0. The average molecular weight is 784 g/mol. The SMILES string of the molecule is [2H]C([2H])([2H])c1ccc(-c2cc3c(c4oc5ccccc5c24)-c2n(-c4cc(C)nc(C)c4)c4ccccc4[n+]2C32c3cc4ccccc4cc3-c3cc(C)c([Si](C)(C)C)c[n+]32)cc1. The quantitative estimate of drug-likeness (QED) is 0.132. The molecule has 6 heterocycles. The summed E-state index contributed by atoms with van der Waals surface area (Å²) in [5, 5.41) is 5.78. The number of hydrogen-bond donors (Lipinski definition) is 0. The Morgan fingerprint density at radius 1 is 0.729 bits per heavy atom. The lowest BCUT2D eigenvalue weighted by Gasteiger charge is -2.24. The molecule has 10 aromatic rings. The lowest BCUT2D eigenvalue weighted by Crippen LogP contribution is -2.72. The smallest absolute Gasteiger partial charge is 0.364 e. The van der Waals surface area contributed by atoms with Crippen LogP contribution in [-0.2, 0) is 5.66 Å². The van der Waals surface area contributed by atoms with Crippen molar-refractivity contribution in [2.75, 3.05) is 0 Å². The number of aryl methyl sites for hydroxylation is 4. The van der Waals surface area contributed by atoms with Crippen molar-refractivity contribution < 1.29 is 17.7 Å². The van der Waals surface area contributed by atoms with E-state index in [-0.39, 0.29) is 0 Å². The monoisotopic (exact) mass is 783 g/mol. The highest BCUT2D eigenvalue weighted by atomic mass is 28.3. The van der Waals surface area contributed by atoms with Crippen molar-refractivity contribution in [3.63, 3.8) is 0 Å². The van der Waals surface area contributed by atoms with Crippen LogP contribution in [0.4, 0.5) is 0 Å². The second-order valence-corrected chi connectivity index (χ2v) is 22.6. The molecule has 0 amide bonds. The standard InChI is InChI=1S/C53H44N4OSi/c1-31-20-22-35(23-21-31)40-29-43-50(51-49(40)39-16-10-13-19-47(39)58-51)52-56(38-25-33(3)54-34(4)26-38)44-17-11-12-18-45(44)57(52)53(43)42-28-37-15-9-8-14-36(37)27-41(42)46-24-32(2)48(30-55(46)53)59(5,6)7/h8-30H,1-7H3/q+2/i1D3. The summed E-state index contributed by atoms with van der Waals surface area (Å²) in [5.41, 5.74) is 15.0. The third-order valence-electron chi connectivity index (χ3n) is 12.9. The zero-order chi connectivity index (χ0) is 42.6. The molecular weight excluding hydrogens is 737 g/mol. The van der Waals surface area contributed by atoms with Gasteiger partial charge >= 0.3 is 11.5 Å². The summed E-state index contributed by atoms with van der Waals surface area (Å²) in [6.07, 6.45) is 2.48. The molecule has 0 aliphatic carbocycles. The molecule has 6 heteroatoms. The van der Waals surface area contributed by atoms with Gasteiger partial charge in [0.25, 0.3) is 0 Å². The van der Waals surface area contributed by atoms with Gasteiger partial charge in [0.05, 0.1) is 24.8 Å². The van der Waals surface area contributed by atoms with E-state index in [1.165, 1.54) is 32.6 Å². The van der Waals surface area contributed by atoms with Crippen LogP contribution in [0.25, 0.3) is 83.2 Å². The van der Waals surface area contributed by atoms with E-state index in [1.54, 1.807) is 12.1 Å². The van der Waals surface area contributed by atoms with Gasteiger partial charge in [-0.1, -0.05) is 104 Å². The maximum absolute atomic E-state index is 8.19. The van der Waals surface area contributed by atoms with Crippen molar-refractivity contribution in [2.24, 2.45) is 0 Å². The van der Waals surface area contributed by atoms with Crippen LogP contribution >= 0.6 is 0 Å². The lowest BCUT2D eigenvalue weighted by molar-refractivity contribution is -0.944. The summed E-state index contributed by atoms with van der Waals surface area (Å²) >= 11 is 0. The van der Waals surface area contributed by atoms with Crippen molar-refractivity contribution >= 4 is 57.0 Å². The molecule has 5 nitrogen and oxygen atoms in total. The van der Waals surface area contributed by atoms with E-state index in [9.17, 15) is 0 Å². The van der Waals surface area contributed by atoms with Crippen LogP contribution in [0, 0.1) is 27.6 Å². The molecule has 2 aliphatic rings. The van der Waals surface area contributed by atoms with Gasteiger partial charge in [0.2, 0.25) is 5.69 Å². The zero-order valence-corrected chi connectivity index (χ0v) is 35.0. The molecular formula is C53H44N4OSi+2. The largest absolute Gasteiger partial charge is 0.455 e. The molecule has 4 aromatic heterocycles. The van der Waals surface area contributed by atoms with E-state index in [4.69, 9.17) is 13.5 Å². The first-order valence-corrected chi connectivity index (χ1v) is 24.0. The summed E-state index contributed by atoms with van der Waals surface area (Å²) in [5.74, 6) is 1.02. The Morgan fingerprint density at radius 2 is 1.44 bits per heavy atom. The van der Waals surface area contributed by atoms with Gasteiger partial charge in [0.15, 0.2) is 22.8 Å². The molecule has 0 saturated carbocycles. The molecule has 0 saturated heterocycles. The Morgan fingerprint density at radius 3 is 2.20 bits per heavy atom. The van der Waals surface area contributed by atoms with Crippen LogP contribution in [0.3, 0.4) is 0 Å². The summed E-state index contributed by atoms with van der Waals surface area (Å²) in [4.78, 5) is 4.83. The normalized spacial score (nSPS) is 16.4. The Balaban J connectivity index is 1.36. The van der Waals surface area contributed by atoms with Crippen LogP contribution in [0.2, 0.25) is 19.6 Å². The highest BCUT2D eigenvalue weighted by Crippen LogP contribution is 2.55. The fourth-order valence-electron chi connectivity index (χ4n) is 10.6. The van der Waals surface area contributed by atoms with Gasteiger partial charge in [0.1, 0.15) is 16.8 Å². The van der Waals surface area contributed by atoms with Gasteiger partial charge in [-0.25, -0.2) is 0 Å². The lowest BCUT2D eigenvalue weighted by atomic mass is 9.85. The second-order valence-electron chi connectivity index (χ2n) is 17.6.